The van der Waals surface area contributed by atoms with Crippen molar-refractivity contribution in [3.63, 3.8) is 0 Å². The number of halogens is 1. The number of hydrazone groups is 1. The van der Waals surface area contributed by atoms with E-state index in [0.29, 0.717) is 5.11 Å². The van der Waals surface area contributed by atoms with Crippen LogP contribution < -0.4 is 15.5 Å². The molecule has 0 radical (unpaired) electrons. The highest BCUT2D eigenvalue weighted by Gasteiger charge is 2.00. The van der Waals surface area contributed by atoms with Crippen LogP contribution in [0.3, 0.4) is 0 Å². The number of hydrogen-bond donors (Lipinski definition) is 2. The smallest absolute Gasteiger partial charge is 0.191 e. The number of nitrogens with zero attached hydrogens (tertiary/aromatic N) is 1. The van der Waals surface area contributed by atoms with Crippen LogP contribution in [-0.4, -0.2) is 18.4 Å². The van der Waals surface area contributed by atoms with Crippen LogP contribution in [0.15, 0.2) is 58.1 Å². The molecule has 2 rings (SSSR count). The van der Waals surface area contributed by atoms with Gasteiger partial charge in [0.2, 0.25) is 0 Å². The number of benzene rings is 2. The Balaban J connectivity index is 1.95. The Hall–Kier alpha value is -1.92. The van der Waals surface area contributed by atoms with Crippen molar-refractivity contribution in [3.8, 4) is 5.75 Å². The van der Waals surface area contributed by atoms with Gasteiger partial charge in [-0.25, -0.2) is 0 Å². The fourth-order valence-electron chi connectivity index (χ4n) is 1.65. The lowest BCUT2D eigenvalue weighted by Gasteiger charge is -2.08. The molecule has 108 valence electrons. The molecule has 0 spiro atoms. The molecule has 21 heavy (non-hydrogen) atoms. The topological polar surface area (TPSA) is 45.6 Å². The van der Waals surface area contributed by atoms with E-state index in [1.54, 1.807) is 13.3 Å². The molecule has 0 fully saturated rings. The zero-order valence-corrected chi connectivity index (χ0v) is 13.7. The number of ether oxygens (including phenoxy) is 1. The predicted molar refractivity (Wildman–Crippen MR) is 94.1 cm³/mol. The fraction of sp³-hybridized carbons (Fsp3) is 0.0667. The zero-order chi connectivity index (χ0) is 15.1. The minimum absolute atomic E-state index is 0.410. The first-order valence-corrected chi connectivity index (χ1v) is 7.38. The molecule has 2 aromatic rings. The van der Waals surface area contributed by atoms with Crippen LogP contribution in [0.25, 0.3) is 0 Å². The van der Waals surface area contributed by atoms with Gasteiger partial charge in [0.1, 0.15) is 5.75 Å². The lowest BCUT2D eigenvalue weighted by atomic mass is 10.2. The molecule has 2 N–H and O–H groups in total. The number of para-hydroxylation sites is 2. The summed E-state index contributed by atoms with van der Waals surface area (Å²) in [7, 11) is 1.62. The van der Waals surface area contributed by atoms with Gasteiger partial charge in [0.15, 0.2) is 5.11 Å². The Labute approximate surface area is 137 Å². The molecule has 0 heterocycles. The summed E-state index contributed by atoms with van der Waals surface area (Å²) in [5.74, 6) is 0.757. The standard InChI is InChI=1S/C15H14BrN3OS/c1-20-14-9-5-2-6-11(14)10-17-19-15(21)18-13-8-4-3-7-12(13)16/h2-10H,1H3,(H2,18,19,21). The van der Waals surface area contributed by atoms with E-state index in [1.165, 1.54) is 0 Å². The number of nitrogens with one attached hydrogen (secondary N) is 2. The monoisotopic (exact) mass is 363 g/mol. The molecule has 0 unspecified atom stereocenters. The van der Waals surface area contributed by atoms with Crippen LogP contribution in [0, 0.1) is 0 Å². The predicted octanol–water partition coefficient (Wildman–Crippen LogP) is 3.78. The summed E-state index contributed by atoms with van der Waals surface area (Å²) >= 11 is 8.63. The van der Waals surface area contributed by atoms with Crippen LogP contribution in [-0.2, 0) is 0 Å². The van der Waals surface area contributed by atoms with E-state index in [9.17, 15) is 0 Å². The molecule has 6 heteroatoms. The Kier molecular flexibility index (Phi) is 5.71. The number of rotatable bonds is 4. The van der Waals surface area contributed by atoms with Gasteiger partial charge in [-0.15, -0.1) is 0 Å². The molecule has 4 nitrogen and oxygen atoms in total. The van der Waals surface area contributed by atoms with Gasteiger partial charge >= 0.3 is 0 Å². The second kappa shape index (κ2) is 7.75. The van der Waals surface area contributed by atoms with Crippen LogP contribution >= 0.6 is 28.1 Å². The SMILES string of the molecule is COc1ccccc1C=NNC(=S)Nc1ccccc1Br. The molecule has 0 aliphatic rings. The minimum atomic E-state index is 0.410. The first-order chi connectivity index (χ1) is 10.2. The van der Waals surface area contributed by atoms with Gasteiger partial charge in [0.05, 0.1) is 19.0 Å². The van der Waals surface area contributed by atoms with Crippen LogP contribution in [0.4, 0.5) is 5.69 Å². The molecule has 0 bridgehead atoms. The van der Waals surface area contributed by atoms with Crippen molar-refractivity contribution in [1.29, 1.82) is 0 Å². The van der Waals surface area contributed by atoms with Gasteiger partial charge in [0.25, 0.3) is 0 Å². The van der Waals surface area contributed by atoms with E-state index in [1.807, 2.05) is 48.5 Å². The molecule has 0 amide bonds. The lowest BCUT2D eigenvalue weighted by Crippen LogP contribution is -2.24. The van der Waals surface area contributed by atoms with E-state index < -0.39 is 0 Å². The Bertz CT molecular complexity index is 661. The maximum Gasteiger partial charge on any atom is 0.191 e. The minimum Gasteiger partial charge on any atom is -0.496 e. The van der Waals surface area contributed by atoms with Crippen molar-refractivity contribution >= 4 is 45.2 Å². The highest BCUT2D eigenvalue weighted by molar-refractivity contribution is 9.10. The van der Waals surface area contributed by atoms with E-state index in [4.69, 9.17) is 17.0 Å². The average Bonchev–Trinajstić information content (AvgIpc) is 2.50. The molecular formula is C15H14BrN3OS. The molecule has 0 aliphatic heterocycles. The van der Waals surface area contributed by atoms with Crippen LogP contribution in [0.5, 0.6) is 5.75 Å². The van der Waals surface area contributed by atoms with Crippen molar-refractivity contribution in [2.24, 2.45) is 5.10 Å². The third-order valence-corrected chi connectivity index (χ3v) is 3.52. The maximum atomic E-state index is 5.24. The van der Waals surface area contributed by atoms with Gasteiger partial charge in [0, 0.05) is 10.0 Å². The molecule has 0 aliphatic carbocycles. The third-order valence-electron chi connectivity index (χ3n) is 2.63. The zero-order valence-electron chi connectivity index (χ0n) is 11.3. The third kappa shape index (κ3) is 4.54. The molecular weight excluding hydrogens is 350 g/mol. The Morgan fingerprint density at radius 1 is 1.19 bits per heavy atom. The van der Waals surface area contributed by atoms with Crippen molar-refractivity contribution in [1.82, 2.24) is 5.43 Å². The van der Waals surface area contributed by atoms with Gasteiger partial charge < -0.3 is 10.1 Å². The van der Waals surface area contributed by atoms with Crippen molar-refractivity contribution in [2.75, 3.05) is 12.4 Å². The first kappa shape index (κ1) is 15.5. The largest absolute Gasteiger partial charge is 0.496 e. The summed E-state index contributed by atoms with van der Waals surface area (Å²) in [4.78, 5) is 0. The quantitative estimate of drug-likeness (QED) is 0.493. The maximum absolute atomic E-state index is 5.24. The summed E-state index contributed by atoms with van der Waals surface area (Å²) in [5, 5.41) is 7.57. The second-order valence-corrected chi connectivity index (χ2v) is 5.31. The van der Waals surface area contributed by atoms with Gasteiger partial charge in [-0.2, -0.15) is 5.10 Å². The summed E-state index contributed by atoms with van der Waals surface area (Å²) < 4.78 is 6.17. The van der Waals surface area contributed by atoms with Crippen LogP contribution in [0.1, 0.15) is 5.56 Å². The summed E-state index contributed by atoms with van der Waals surface area (Å²) in [5.41, 5.74) is 4.52. The highest BCUT2D eigenvalue weighted by Crippen LogP contribution is 2.20. The summed E-state index contributed by atoms with van der Waals surface area (Å²) in [6, 6.07) is 15.3. The summed E-state index contributed by atoms with van der Waals surface area (Å²) in [6.45, 7) is 0. The highest BCUT2D eigenvalue weighted by atomic mass is 79.9. The Morgan fingerprint density at radius 3 is 2.67 bits per heavy atom. The summed E-state index contributed by atoms with van der Waals surface area (Å²) in [6.07, 6.45) is 1.66. The average molecular weight is 364 g/mol. The molecule has 0 saturated heterocycles. The molecule has 0 aromatic heterocycles. The van der Waals surface area contributed by atoms with Gasteiger partial charge in [-0.1, -0.05) is 24.3 Å². The van der Waals surface area contributed by atoms with Gasteiger partial charge in [-0.05, 0) is 52.4 Å². The number of anilines is 1. The normalized spacial score (nSPS) is 10.4. The molecule has 0 saturated carbocycles. The molecule has 2 aromatic carbocycles. The second-order valence-electron chi connectivity index (χ2n) is 4.05. The first-order valence-electron chi connectivity index (χ1n) is 6.18. The van der Waals surface area contributed by atoms with Crippen molar-refractivity contribution < 1.29 is 4.74 Å². The number of hydrogen-bond acceptors (Lipinski definition) is 3. The lowest BCUT2D eigenvalue weighted by molar-refractivity contribution is 0.414. The van der Waals surface area contributed by atoms with Gasteiger partial charge in [-0.3, -0.25) is 5.43 Å². The van der Waals surface area contributed by atoms with Crippen molar-refractivity contribution in [3.05, 3.63) is 58.6 Å². The van der Waals surface area contributed by atoms with E-state index >= 15 is 0 Å². The van der Waals surface area contributed by atoms with E-state index in [-0.39, 0.29) is 0 Å². The van der Waals surface area contributed by atoms with Crippen LogP contribution in [0.2, 0.25) is 0 Å². The van der Waals surface area contributed by atoms with Crippen molar-refractivity contribution in [2.45, 2.75) is 0 Å². The van der Waals surface area contributed by atoms with E-state index in [0.717, 1.165) is 21.5 Å². The number of thiocarbonyl (C=S) groups is 1. The number of methoxy groups -OCH3 is 1. The fourth-order valence-corrected chi connectivity index (χ4v) is 2.19. The Morgan fingerprint density at radius 2 is 1.90 bits per heavy atom. The molecule has 0 atom stereocenters. The van der Waals surface area contributed by atoms with E-state index in [2.05, 4.69) is 31.8 Å².